The van der Waals surface area contributed by atoms with Crippen molar-refractivity contribution in [2.24, 2.45) is 0 Å². The highest BCUT2D eigenvalue weighted by atomic mass is 35.5. The third-order valence-electron chi connectivity index (χ3n) is 1.65. The molecule has 1 N–H and O–H groups in total. The molecule has 0 aliphatic carbocycles. The number of halogens is 1. The van der Waals surface area contributed by atoms with Gasteiger partial charge < -0.3 is 0 Å². The van der Waals surface area contributed by atoms with Gasteiger partial charge in [-0.1, -0.05) is 0 Å². The molecule has 0 saturated heterocycles. The Hall–Kier alpha value is -0.870. The molecule has 0 atom stereocenters. The third kappa shape index (κ3) is 1.04. The zero-order valence-corrected chi connectivity index (χ0v) is 6.41. The number of hydrogen-bond acceptors (Lipinski definition) is 4. The van der Waals surface area contributed by atoms with Crippen LogP contribution in [0.5, 0.6) is 0 Å². The highest BCUT2D eigenvalue weighted by Crippen LogP contribution is 2.23. The molecule has 5 heteroatoms. The SMILES string of the molecule is ON1CCc2cnc(Cl)nc21. The van der Waals surface area contributed by atoms with Gasteiger partial charge in [0.25, 0.3) is 0 Å². The number of aromatic nitrogens is 2. The van der Waals surface area contributed by atoms with E-state index in [2.05, 4.69) is 9.97 Å². The topological polar surface area (TPSA) is 49.2 Å². The number of rotatable bonds is 0. The van der Waals surface area contributed by atoms with Gasteiger partial charge >= 0.3 is 0 Å². The van der Waals surface area contributed by atoms with Crippen molar-refractivity contribution in [2.45, 2.75) is 6.42 Å². The molecule has 11 heavy (non-hydrogen) atoms. The van der Waals surface area contributed by atoms with Gasteiger partial charge in [0, 0.05) is 11.8 Å². The van der Waals surface area contributed by atoms with Gasteiger partial charge in [-0.15, -0.1) is 0 Å². The lowest BCUT2D eigenvalue weighted by molar-refractivity contribution is 0.261. The first kappa shape index (κ1) is 6.82. The van der Waals surface area contributed by atoms with Gasteiger partial charge in [0.05, 0.1) is 6.54 Å². The lowest BCUT2D eigenvalue weighted by Crippen LogP contribution is -2.14. The predicted octanol–water partition coefficient (Wildman–Crippen LogP) is 0.882. The minimum absolute atomic E-state index is 0.171. The first-order valence-corrected chi connectivity index (χ1v) is 3.63. The number of fused-ring (bicyclic) bond motifs is 1. The highest BCUT2D eigenvalue weighted by molar-refractivity contribution is 6.28. The van der Waals surface area contributed by atoms with Crippen LogP contribution in [0.1, 0.15) is 5.56 Å². The molecule has 1 aliphatic heterocycles. The van der Waals surface area contributed by atoms with E-state index >= 15 is 0 Å². The first-order valence-electron chi connectivity index (χ1n) is 3.25. The Morgan fingerprint density at radius 1 is 1.64 bits per heavy atom. The molecule has 0 unspecified atom stereocenters. The van der Waals surface area contributed by atoms with Crippen LogP contribution < -0.4 is 5.06 Å². The van der Waals surface area contributed by atoms with Gasteiger partial charge in [-0.05, 0) is 18.0 Å². The summed E-state index contributed by atoms with van der Waals surface area (Å²) in [5.41, 5.74) is 0.942. The fourth-order valence-corrected chi connectivity index (χ4v) is 1.24. The van der Waals surface area contributed by atoms with Crippen LogP contribution in [-0.4, -0.2) is 21.7 Å². The number of hydroxylamine groups is 1. The smallest absolute Gasteiger partial charge is 0.224 e. The van der Waals surface area contributed by atoms with E-state index in [1.54, 1.807) is 6.20 Å². The van der Waals surface area contributed by atoms with E-state index in [4.69, 9.17) is 11.6 Å². The molecular weight excluding hydrogens is 166 g/mol. The summed E-state index contributed by atoms with van der Waals surface area (Å²) >= 11 is 5.53. The van der Waals surface area contributed by atoms with Gasteiger partial charge in [-0.2, -0.15) is 4.98 Å². The Labute approximate surface area is 68.4 Å². The summed E-state index contributed by atoms with van der Waals surface area (Å²) in [6.07, 6.45) is 2.42. The molecule has 58 valence electrons. The summed E-state index contributed by atoms with van der Waals surface area (Å²) in [6.45, 7) is 0.574. The van der Waals surface area contributed by atoms with Gasteiger partial charge in [0.15, 0.2) is 5.82 Å². The zero-order valence-electron chi connectivity index (χ0n) is 5.66. The second-order valence-corrected chi connectivity index (χ2v) is 2.70. The van der Waals surface area contributed by atoms with Crippen LogP contribution in [0.2, 0.25) is 5.28 Å². The number of anilines is 1. The van der Waals surface area contributed by atoms with Crippen molar-refractivity contribution in [2.75, 3.05) is 11.6 Å². The second kappa shape index (κ2) is 2.32. The Morgan fingerprint density at radius 3 is 3.27 bits per heavy atom. The van der Waals surface area contributed by atoms with Gasteiger partial charge in [0.2, 0.25) is 5.28 Å². The van der Waals surface area contributed by atoms with Crippen molar-refractivity contribution in [3.8, 4) is 0 Å². The maximum atomic E-state index is 9.19. The molecule has 0 spiro atoms. The van der Waals surface area contributed by atoms with Crippen LogP contribution in [0, 0.1) is 0 Å². The second-order valence-electron chi connectivity index (χ2n) is 2.36. The summed E-state index contributed by atoms with van der Waals surface area (Å²) in [5.74, 6) is 0.532. The Bertz CT molecular complexity index is 291. The highest BCUT2D eigenvalue weighted by Gasteiger charge is 2.19. The fraction of sp³-hybridized carbons (Fsp3) is 0.333. The fourth-order valence-electron chi connectivity index (χ4n) is 1.11. The largest absolute Gasteiger partial charge is 0.287 e. The molecule has 4 nitrogen and oxygen atoms in total. The van der Waals surface area contributed by atoms with E-state index < -0.39 is 0 Å². The van der Waals surface area contributed by atoms with Crippen LogP contribution in [0.25, 0.3) is 0 Å². The van der Waals surface area contributed by atoms with E-state index in [9.17, 15) is 5.21 Å². The molecule has 0 saturated carbocycles. The van der Waals surface area contributed by atoms with Crippen LogP contribution in [0.15, 0.2) is 6.20 Å². The third-order valence-corrected chi connectivity index (χ3v) is 1.83. The molecule has 1 aromatic heterocycles. The van der Waals surface area contributed by atoms with Crippen LogP contribution in [0.3, 0.4) is 0 Å². The van der Waals surface area contributed by atoms with E-state index in [-0.39, 0.29) is 5.28 Å². The van der Waals surface area contributed by atoms with Crippen molar-refractivity contribution < 1.29 is 5.21 Å². The molecule has 2 rings (SSSR count). The van der Waals surface area contributed by atoms with E-state index in [0.717, 1.165) is 17.0 Å². The maximum Gasteiger partial charge on any atom is 0.224 e. The quantitative estimate of drug-likeness (QED) is 0.589. The zero-order chi connectivity index (χ0) is 7.84. The van der Waals surface area contributed by atoms with Crippen molar-refractivity contribution in [1.82, 2.24) is 9.97 Å². The average Bonchev–Trinajstić information content (AvgIpc) is 2.33. The standard InChI is InChI=1S/C6H6ClN3O/c7-6-8-3-4-1-2-10(11)5(4)9-6/h3,11H,1-2H2. The summed E-state index contributed by atoms with van der Waals surface area (Å²) < 4.78 is 0. The number of hydrogen-bond donors (Lipinski definition) is 1. The van der Waals surface area contributed by atoms with Crippen molar-refractivity contribution in [1.29, 1.82) is 0 Å². The lowest BCUT2D eigenvalue weighted by Gasteiger charge is -2.06. The van der Waals surface area contributed by atoms with Crippen molar-refractivity contribution in [3.63, 3.8) is 0 Å². The van der Waals surface area contributed by atoms with Crippen LogP contribution in [-0.2, 0) is 6.42 Å². The molecule has 0 aromatic carbocycles. The van der Waals surface area contributed by atoms with Gasteiger partial charge in [0.1, 0.15) is 0 Å². The Kier molecular flexibility index (Phi) is 1.44. The molecular formula is C6H6ClN3O. The molecule has 0 radical (unpaired) electrons. The maximum absolute atomic E-state index is 9.19. The summed E-state index contributed by atoms with van der Waals surface area (Å²) in [4.78, 5) is 7.67. The Morgan fingerprint density at radius 2 is 2.45 bits per heavy atom. The molecule has 0 bridgehead atoms. The molecule has 0 amide bonds. The number of nitrogens with zero attached hydrogens (tertiary/aromatic N) is 3. The van der Waals surface area contributed by atoms with Crippen LogP contribution >= 0.6 is 11.6 Å². The molecule has 1 aromatic rings. The normalized spacial score (nSPS) is 15.3. The Balaban J connectivity index is 2.52. The van der Waals surface area contributed by atoms with E-state index in [1.807, 2.05) is 0 Å². The monoisotopic (exact) mass is 171 g/mol. The molecule has 1 aliphatic rings. The minimum atomic E-state index is 0.171. The molecule has 0 fully saturated rings. The summed E-state index contributed by atoms with van der Waals surface area (Å²) in [5, 5.41) is 10.4. The van der Waals surface area contributed by atoms with Crippen LogP contribution in [0.4, 0.5) is 5.82 Å². The van der Waals surface area contributed by atoms with E-state index in [1.165, 1.54) is 0 Å². The van der Waals surface area contributed by atoms with Crippen molar-refractivity contribution >= 4 is 17.4 Å². The molecule has 2 heterocycles. The van der Waals surface area contributed by atoms with Crippen molar-refractivity contribution in [3.05, 3.63) is 17.0 Å². The van der Waals surface area contributed by atoms with Gasteiger partial charge in [-0.25, -0.2) is 10.0 Å². The summed E-state index contributed by atoms with van der Waals surface area (Å²) in [7, 11) is 0. The first-order chi connectivity index (χ1) is 5.27. The average molecular weight is 172 g/mol. The van der Waals surface area contributed by atoms with E-state index in [0.29, 0.717) is 12.4 Å². The van der Waals surface area contributed by atoms with Gasteiger partial charge in [-0.3, -0.25) is 5.21 Å². The lowest BCUT2D eigenvalue weighted by atomic mass is 10.3. The predicted molar refractivity (Wildman–Crippen MR) is 39.9 cm³/mol. The summed E-state index contributed by atoms with van der Waals surface area (Å²) in [6, 6.07) is 0. The minimum Gasteiger partial charge on any atom is -0.287 e.